The van der Waals surface area contributed by atoms with E-state index in [4.69, 9.17) is 4.42 Å². The van der Waals surface area contributed by atoms with Crippen LogP contribution in [0, 0.1) is 5.92 Å². The van der Waals surface area contributed by atoms with E-state index in [1.807, 2.05) is 54.6 Å². The van der Waals surface area contributed by atoms with Gasteiger partial charge in [-0.2, -0.15) is 0 Å². The fourth-order valence-electron chi connectivity index (χ4n) is 2.43. The molecule has 2 amide bonds. The van der Waals surface area contributed by atoms with Crippen molar-refractivity contribution >= 4 is 17.7 Å². The minimum atomic E-state index is -0.431. The van der Waals surface area contributed by atoms with E-state index in [-0.39, 0.29) is 6.01 Å². The highest BCUT2D eigenvalue weighted by molar-refractivity contribution is 5.98. The predicted molar refractivity (Wildman–Crippen MR) is 97.4 cm³/mol. The minimum Gasteiger partial charge on any atom is -0.403 e. The number of benzene rings is 2. The molecular weight excluding hydrogens is 316 g/mol. The van der Waals surface area contributed by atoms with Crippen molar-refractivity contribution < 1.29 is 9.21 Å². The zero-order chi connectivity index (χ0) is 17.6. The fraction of sp³-hybridized carbons (Fsp3) is 0.211. The van der Waals surface area contributed by atoms with E-state index in [0.717, 1.165) is 12.0 Å². The summed E-state index contributed by atoms with van der Waals surface area (Å²) in [5.41, 5.74) is 2.74. The Morgan fingerprint density at radius 1 is 1.00 bits per heavy atom. The van der Waals surface area contributed by atoms with Crippen LogP contribution in [0.2, 0.25) is 0 Å². The first-order valence-electron chi connectivity index (χ1n) is 8.16. The molecule has 0 saturated heterocycles. The van der Waals surface area contributed by atoms with E-state index < -0.39 is 6.03 Å². The first-order valence-corrected chi connectivity index (χ1v) is 8.16. The molecule has 0 aliphatic heterocycles. The van der Waals surface area contributed by atoms with Crippen LogP contribution in [0.5, 0.6) is 0 Å². The average molecular weight is 336 g/mol. The second-order valence-electron chi connectivity index (χ2n) is 6.15. The van der Waals surface area contributed by atoms with Crippen molar-refractivity contribution in [1.82, 2.24) is 10.2 Å². The second-order valence-corrected chi connectivity index (χ2v) is 6.15. The molecule has 6 nitrogen and oxygen atoms in total. The Bertz CT molecular complexity index is 826. The summed E-state index contributed by atoms with van der Waals surface area (Å²) < 4.78 is 5.45. The van der Waals surface area contributed by atoms with Crippen LogP contribution in [-0.2, 0) is 6.42 Å². The van der Waals surface area contributed by atoms with Gasteiger partial charge < -0.3 is 9.73 Å². The number of amides is 2. The monoisotopic (exact) mass is 336 g/mol. The first-order chi connectivity index (χ1) is 12.1. The molecule has 0 fully saturated rings. The Labute approximate surface area is 146 Å². The van der Waals surface area contributed by atoms with Crippen LogP contribution < -0.4 is 10.6 Å². The lowest BCUT2D eigenvalue weighted by molar-refractivity contribution is 0.261. The Kier molecular flexibility index (Phi) is 5.09. The molecule has 6 heteroatoms. The molecule has 0 aliphatic carbocycles. The molecule has 2 aromatic carbocycles. The van der Waals surface area contributed by atoms with Crippen molar-refractivity contribution in [3.05, 3.63) is 60.2 Å². The highest BCUT2D eigenvalue weighted by Gasteiger charge is 2.11. The van der Waals surface area contributed by atoms with E-state index in [0.29, 0.717) is 17.5 Å². The van der Waals surface area contributed by atoms with Crippen molar-refractivity contribution in [2.24, 2.45) is 5.92 Å². The van der Waals surface area contributed by atoms with Crippen LogP contribution in [-0.4, -0.2) is 16.2 Å². The van der Waals surface area contributed by atoms with Crippen molar-refractivity contribution in [1.29, 1.82) is 0 Å². The number of hydrogen-bond donors (Lipinski definition) is 2. The van der Waals surface area contributed by atoms with Gasteiger partial charge >= 0.3 is 12.0 Å². The third-order valence-corrected chi connectivity index (χ3v) is 3.52. The number of carbonyl (C=O) groups is 1. The van der Waals surface area contributed by atoms with Gasteiger partial charge in [0.2, 0.25) is 5.89 Å². The molecule has 0 saturated carbocycles. The number of anilines is 2. The maximum Gasteiger partial charge on any atom is 0.327 e. The zero-order valence-corrected chi connectivity index (χ0v) is 14.2. The molecular formula is C19H20N4O2. The summed E-state index contributed by atoms with van der Waals surface area (Å²) in [7, 11) is 0. The fourth-order valence-corrected chi connectivity index (χ4v) is 2.43. The summed E-state index contributed by atoms with van der Waals surface area (Å²) in [5.74, 6) is 0.951. The Morgan fingerprint density at radius 2 is 1.72 bits per heavy atom. The van der Waals surface area contributed by atoms with Gasteiger partial charge in [-0.05, 0) is 42.2 Å². The van der Waals surface area contributed by atoms with Crippen LogP contribution in [0.4, 0.5) is 16.5 Å². The second kappa shape index (κ2) is 7.61. The van der Waals surface area contributed by atoms with Crippen molar-refractivity contribution in [2.75, 3.05) is 10.6 Å². The van der Waals surface area contributed by atoms with Crippen molar-refractivity contribution in [2.45, 2.75) is 20.3 Å². The van der Waals surface area contributed by atoms with Gasteiger partial charge in [-0.15, -0.1) is 5.10 Å². The third-order valence-electron chi connectivity index (χ3n) is 3.52. The number of rotatable bonds is 5. The number of urea groups is 1. The standard InChI is InChI=1S/C19H20N4O2/c1-13(2)12-14-8-10-16(11-9-14)20-18(24)21-19-23-22-17(25-19)15-6-4-3-5-7-15/h3-11,13H,12H2,1-2H3,(H2,20,21,23,24). The molecule has 3 rings (SSSR count). The number of nitrogens with one attached hydrogen (secondary N) is 2. The Morgan fingerprint density at radius 3 is 2.40 bits per heavy atom. The molecule has 0 bridgehead atoms. The van der Waals surface area contributed by atoms with Crippen molar-refractivity contribution in [3.63, 3.8) is 0 Å². The van der Waals surface area contributed by atoms with Gasteiger partial charge in [0.1, 0.15) is 0 Å². The van der Waals surface area contributed by atoms with Gasteiger partial charge in [0, 0.05) is 11.3 Å². The maximum absolute atomic E-state index is 12.0. The maximum atomic E-state index is 12.0. The van der Waals surface area contributed by atoms with Gasteiger partial charge in [-0.25, -0.2) is 4.79 Å². The number of hydrogen-bond acceptors (Lipinski definition) is 4. The predicted octanol–water partition coefficient (Wildman–Crippen LogP) is 4.58. The van der Waals surface area contributed by atoms with Gasteiger partial charge in [-0.3, -0.25) is 5.32 Å². The average Bonchev–Trinajstić information content (AvgIpc) is 3.05. The van der Waals surface area contributed by atoms with E-state index >= 15 is 0 Å². The lowest BCUT2D eigenvalue weighted by Gasteiger charge is -2.07. The molecule has 3 aromatic rings. The van der Waals surface area contributed by atoms with Crippen LogP contribution in [0.3, 0.4) is 0 Å². The van der Waals surface area contributed by atoms with Crippen molar-refractivity contribution in [3.8, 4) is 11.5 Å². The molecule has 1 heterocycles. The van der Waals surface area contributed by atoms with Gasteiger partial charge in [0.05, 0.1) is 0 Å². The topological polar surface area (TPSA) is 80.0 Å². The smallest absolute Gasteiger partial charge is 0.327 e. The molecule has 1 aromatic heterocycles. The van der Waals surface area contributed by atoms with E-state index in [1.54, 1.807) is 0 Å². The molecule has 128 valence electrons. The summed E-state index contributed by atoms with van der Waals surface area (Å²) in [6.07, 6.45) is 1.01. The quantitative estimate of drug-likeness (QED) is 0.715. The van der Waals surface area contributed by atoms with E-state index in [2.05, 4.69) is 34.7 Å². The number of nitrogens with zero attached hydrogens (tertiary/aromatic N) is 2. The summed E-state index contributed by atoms with van der Waals surface area (Å²) in [6.45, 7) is 4.35. The summed E-state index contributed by atoms with van der Waals surface area (Å²) in [5, 5.41) is 13.0. The Hall–Kier alpha value is -3.15. The number of aromatic nitrogens is 2. The first kappa shape index (κ1) is 16.7. The summed E-state index contributed by atoms with van der Waals surface area (Å²) in [4.78, 5) is 12.0. The van der Waals surface area contributed by atoms with Gasteiger partial charge in [0.15, 0.2) is 0 Å². The lowest BCUT2D eigenvalue weighted by atomic mass is 10.0. The zero-order valence-electron chi connectivity index (χ0n) is 14.2. The van der Waals surface area contributed by atoms with Crippen LogP contribution in [0.25, 0.3) is 11.5 Å². The highest BCUT2D eigenvalue weighted by atomic mass is 16.4. The van der Waals surface area contributed by atoms with Crippen LogP contribution in [0.1, 0.15) is 19.4 Å². The molecule has 2 N–H and O–H groups in total. The molecule has 0 aliphatic rings. The lowest BCUT2D eigenvalue weighted by Crippen LogP contribution is -2.19. The van der Waals surface area contributed by atoms with E-state index in [9.17, 15) is 4.79 Å². The molecule has 0 radical (unpaired) electrons. The molecule has 0 atom stereocenters. The number of carbonyl (C=O) groups excluding carboxylic acids is 1. The molecule has 0 unspecified atom stereocenters. The largest absolute Gasteiger partial charge is 0.403 e. The minimum absolute atomic E-state index is 0.0489. The normalized spacial score (nSPS) is 10.7. The van der Waals surface area contributed by atoms with Crippen LogP contribution in [0.15, 0.2) is 59.0 Å². The summed E-state index contributed by atoms with van der Waals surface area (Å²) >= 11 is 0. The Balaban J connectivity index is 1.58. The molecule has 0 spiro atoms. The summed E-state index contributed by atoms with van der Waals surface area (Å²) in [6, 6.07) is 16.8. The SMILES string of the molecule is CC(C)Cc1ccc(NC(=O)Nc2nnc(-c3ccccc3)o2)cc1. The van der Waals surface area contributed by atoms with Crippen LogP contribution >= 0.6 is 0 Å². The highest BCUT2D eigenvalue weighted by Crippen LogP contribution is 2.19. The molecule has 25 heavy (non-hydrogen) atoms. The van der Waals surface area contributed by atoms with Gasteiger partial charge in [-0.1, -0.05) is 49.3 Å². The van der Waals surface area contributed by atoms with E-state index in [1.165, 1.54) is 5.56 Å². The van der Waals surface area contributed by atoms with Gasteiger partial charge in [0.25, 0.3) is 0 Å². The third kappa shape index (κ3) is 4.67.